The van der Waals surface area contributed by atoms with Gasteiger partial charge in [-0.1, -0.05) is 43.5 Å². The largest absolute Gasteiger partial charge is 0.377 e. The Morgan fingerprint density at radius 3 is 2.55 bits per heavy atom. The van der Waals surface area contributed by atoms with E-state index in [9.17, 15) is 0 Å². The minimum Gasteiger partial charge on any atom is -0.377 e. The van der Waals surface area contributed by atoms with Gasteiger partial charge in [0.05, 0.1) is 6.04 Å². The number of rotatable bonds is 4. The van der Waals surface area contributed by atoms with E-state index in [1.165, 1.54) is 5.56 Å². The summed E-state index contributed by atoms with van der Waals surface area (Å²) in [6.45, 7) is 2.52. The molecule has 0 radical (unpaired) electrons. The molecule has 0 amide bonds. The number of hydrogen-bond acceptors (Lipinski definition) is 2. The maximum Gasteiger partial charge on any atom is 0.0651 e. The highest BCUT2D eigenvalue weighted by Gasteiger charge is 2.14. The normalized spacial score (nSPS) is 12.2. The van der Waals surface area contributed by atoms with Crippen LogP contribution in [0.25, 0.3) is 0 Å². The molecule has 2 aromatic carbocycles. The van der Waals surface area contributed by atoms with Crippen LogP contribution in [-0.2, 0) is 0 Å². The van der Waals surface area contributed by atoms with E-state index in [2.05, 4.69) is 56.2 Å². The second kappa shape index (κ2) is 6.94. The zero-order chi connectivity index (χ0) is 14.7. The molecule has 0 aliphatic heterocycles. The maximum absolute atomic E-state index is 6.27. The van der Waals surface area contributed by atoms with Crippen LogP contribution in [0.1, 0.15) is 17.2 Å². The van der Waals surface area contributed by atoms with E-state index >= 15 is 0 Å². The molecule has 3 N–H and O–H groups in total. The molecule has 106 valence electrons. The van der Waals surface area contributed by atoms with Crippen LogP contribution >= 0.6 is 43.5 Å². The highest BCUT2D eigenvalue weighted by Crippen LogP contribution is 2.29. The summed E-state index contributed by atoms with van der Waals surface area (Å²) >= 11 is 13.2. The van der Waals surface area contributed by atoms with Crippen molar-refractivity contribution in [2.24, 2.45) is 5.73 Å². The Balaban J connectivity index is 2.31. The van der Waals surface area contributed by atoms with Crippen molar-refractivity contribution in [2.45, 2.75) is 13.0 Å². The molecule has 1 atom stereocenters. The molecule has 1 unspecified atom stereocenters. The van der Waals surface area contributed by atoms with Crippen LogP contribution in [0.5, 0.6) is 0 Å². The number of benzene rings is 2. The summed E-state index contributed by atoms with van der Waals surface area (Å²) in [5.74, 6) is 0. The highest BCUT2D eigenvalue weighted by molar-refractivity contribution is 9.10. The molecule has 0 fully saturated rings. The van der Waals surface area contributed by atoms with E-state index in [0.717, 1.165) is 20.2 Å². The minimum absolute atomic E-state index is 0.0336. The summed E-state index contributed by atoms with van der Waals surface area (Å²) in [6, 6.07) is 11.9. The lowest BCUT2D eigenvalue weighted by Crippen LogP contribution is -2.21. The molecule has 0 spiro atoms. The van der Waals surface area contributed by atoms with E-state index in [1.54, 1.807) is 0 Å². The first-order chi connectivity index (χ1) is 9.49. The second-order valence-corrected chi connectivity index (χ2v) is 6.85. The van der Waals surface area contributed by atoms with Crippen LogP contribution in [0, 0.1) is 6.92 Å². The third-order valence-electron chi connectivity index (χ3n) is 2.95. The van der Waals surface area contributed by atoms with Crippen molar-refractivity contribution < 1.29 is 0 Å². The highest BCUT2D eigenvalue weighted by atomic mass is 79.9. The van der Waals surface area contributed by atoms with E-state index in [0.29, 0.717) is 11.6 Å². The van der Waals surface area contributed by atoms with Crippen molar-refractivity contribution in [1.82, 2.24) is 0 Å². The fourth-order valence-corrected chi connectivity index (χ4v) is 3.30. The van der Waals surface area contributed by atoms with E-state index in [-0.39, 0.29) is 6.04 Å². The van der Waals surface area contributed by atoms with E-state index in [1.807, 2.05) is 24.3 Å². The molecule has 0 aliphatic carbocycles. The first kappa shape index (κ1) is 15.8. The first-order valence-corrected chi connectivity index (χ1v) is 8.14. The molecule has 0 bridgehead atoms. The van der Waals surface area contributed by atoms with Crippen LogP contribution in [0.15, 0.2) is 45.3 Å². The number of halogens is 3. The molecule has 0 saturated heterocycles. The van der Waals surface area contributed by atoms with Crippen molar-refractivity contribution >= 4 is 49.1 Å². The molecule has 20 heavy (non-hydrogen) atoms. The summed E-state index contributed by atoms with van der Waals surface area (Å²) in [5, 5.41) is 4.15. The quantitative estimate of drug-likeness (QED) is 0.708. The van der Waals surface area contributed by atoms with Gasteiger partial charge in [0.15, 0.2) is 0 Å². The summed E-state index contributed by atoms with van der Waals surface area (Å²) in [5.41, 5.74) is 9.08. The summed E-state index contributed by atoms with van der Waals surface area (Å²) < 4.78 is 2.03. The number of aryl methyl sites for hydroxylation is 1. The zero-order valence-corrected chi connectivity index (χ0v) is 14.9. The van der Waals surface area contributed by atoms with Gasteiger partial charge in [-0.25, -0.2) is 0 Å². The van der Waals surface area contributed by atoms with Crippen molar-refractivity contribution in [2.75, 3.05) is 11.9 Å². The SMILES string of the molecule is Cc1cc(Br)cc(NC(CN)c2cc(Br)ccc2Cl)c1. The predicted octanol–water partition coefficient (Wildman–Crippen LogP) is 5.29. The predicted molar refractivity (Wildman–Crippen MR) is 93.4 cm³/mol. The average molecular weight is 419 g/mol. The topological polar surface area (TPSA) is 38.0 Å². The Morgan fingerprint density at radius 2 is 1.90 bits per heavy atom. The third-order valence-corrected chi connectivity index (χ3v) is 4.25. The van der Waals surface area contributed by atoms with Gasteiger partial charge in [-0.05, 0) is 54.4 Å². The number of nitrogens with one attached hydrogen (secondary N) is 1. The van der Waals surface area contributed by atoms with E-state index in [4.69, 9.17) is 17.3 Å². The van der Waals surface area contributed by atoms with Gasteiger partial charge in [0, 0.05) is 26.2 Å². The Morgan fingerprint density at radius 1 is 1.15 bits per heavy atom. The fraction of sp³-hybridized carbons (Fsp3) is 0.200. The van der Waals surface area contributed by atoms with Gasteiger partial charge in [-0.2, -0.15) is 0 Å². The lowest BCUT2D eigenvalue weighted by Gasteiger charge is -2.20. The average Bonchev–Trinajstić information content (AvgIpc) is 2.38. The molecule has 0 aromatic heterocycles. The minimum atomic E-state index is -0.0336. The van der Waals surface area contributed by atoms with Crippen molar-refractivity contribution in [3.63, 3.8) is 0 Å². The Labute approximate surface area is 141 Å². The van der Waals surface area contributed by atoms with Crippen LogP contribution < -0.4 is 11.1 Å². The molecule has 2 nitrogen and oxygen atoms in total. The van der Waals surface area contributed by atoms with Gasteiger partial charge in [0.25, 0.3) is 0 Å². The van der Waals surface area contributed by atoms with Crippen LogP contribution in [0.4, 0.5) is 5.69 Å². The summed E-state index contributed by atoms with van der Waals surface area (Å²) in [4.78, 5) is 0. The smallest absolute Gasteiger partial charge is 0.0651 e. The molecule has 0 aliphatic rings. The van der Waals surface area contributed by atoms with Gasteiger partial charge >= 0.3 is 0 Å². The number of hydrogen-bond donors (Lipinski definition) is 2. The number of nitrogens with two attached hydrogens (primary N) is 1. The van der Waals surface area contributed by atoms with Crippen molar-refractivity contribution in [3.8, 4) is 0 Å². The lowest BCUT2D eigenvalue weighted by atomic mass is 10.1. The monoisotopic (exact) mass is 416 g/mol. The lowest BCUT2D eigenvalue weighted by molar-refractivity contribution is 0.789. The maximum atomic E-state index is 6.27. The Kier molecular flexibility index (Phi) is 5.49. The third kappa shape index (κ3) is 3.98. The zero-order valence-electron chi connectivity index (χ0n) is 11.0. The Hall–Kier alpha value is -0.550. The molecule has 2 rings (SSSR count). The Bertz CT molecular complexity index is 597. The van der Waals surface area contributed by atoms with Crippen molar-refractivity contribution in [3.05, 3.63) is 61.5 Å². The molecular formula is C15H15Br2ClN2. The number of anilines is 1. The standard InChI is InChI=1S/C15H15Br2ClN2/c1-9-4-11(17)6-12(5-9)20-15(8-19)13-7-10(16)2-3-14(13)18/h2-7,15,20H,8,19H2,1H3. The van der Waals surface area contributed by atoms with Crippen molar-refractivity contribution in [1.29, 1.82) is 0 Å². The molecule has 0 saturated carbocycles. The van der Waals surface area contributed by atoms with E-state index < -0.39 is 0 Å². The summed E-state index contributed by atoms with van der Waals surface area (Å²) in [6.07, 6.45) is 0. The van der Waals surface area contributed by atoms with Gasteiger partial charge < -0.3 is 11.1 Å². The van der Waals surface area contributed by atoms with Gasteiger partial charge in [-0.15, -0.1) is 0 Å². The summed E-state index contributed by atoms with van der Waals surface area (Å²) in [7, 11) is 0. The fourth-order valence-electron chi connectivity index (χ4n) is 2.07. The molecule has 5 heteroatoms. The van der Waals surface area contributed by atoms with Crippen LogP contribution in [-0.4, -0.2) is 6.54 Å². The second-order valence-electron chi connectivity index (χ2n) is 4.62. The first-order valence-electron chi connectivity index (χ1n) is 6.18. The van der Waals surface area contributed by atoms with Crippen LogP contribution in [0.2, 0.25) is 5.02 Å². The molecule has 2 aromatic rings. The van der Waals surface area contributed by atoms with Gasteiger partial charge in [0.1, 0.15) is 0 Å². The molecular weight excluding hydrogens is 403 g/mol. The van der Waals surface area contributed by atoms with Crippen LogP contribution in [0.3, 0.4) is 0 Å². The van der Waals surface area contributed by atoms with Gasteiger partial charge in [-0.3, -0.25) is 0 Å². The molecule has 0 heterocycles. The van der Waals surface area contributed by atoms with Gasteiger partial charge in [0.2, 0.25) is 0 Å².